The summed E-state index contributed by atoms with van der Waals surface area (Å²) in [6.45, 7) is 11.1. The Labute approximate surface area is 114 Å². The van der Waals surface area contributed by atoms with E-state index in [1.807, 2.05) is 0 Å². The van der Waals surface area contributed by atoms with Gasteiger partial charge in [0.05, 0.1) is 0 Å². The van der Waals surface area contributed by atoms with E-state index in [0.29, 0.717) is 11.5 Å². The number of rotatable bonds is 2. The van der Waals surface area contributed by atoms with Crippen molar-refractivity contribution in [3.05, 3.63) is 0 Å². The Kier molecular flexibility index (Phi) is 4.38. The summed E-state index contributed by atoms with van der Waals surface area (Å²) in [5.41, 5.74) is 0.561. The fourth-order valence-corrected chi connectivity index (χ4v) is 4.26. The van der Waals surface area contributed by atoms with E-state index in [2.05, 4.69) is 45.0 Å². The summed E-state index contributed by atoms with van der Waals surface area (Å²) in [6.07, 6.45) is 6.98. The molecule has 1 saturated heterocycles. The van der Waals surface area contributed by atoms with Crippen LogP contribution in [0.4, 0.5) is 0 Å². The zero-order valence-corrected chi connectivity index (χ0v) is 13.0. The predicted octanol–water partition coefficient (Wildman–Crippen LogP) is 3.27. The smallest absolute Gasteiger partial charge is 0.0117 e. The molecule has 4 atom stereocenters. The zero-order valence-electron chi connectivity index (χ0n) is 13.0. The highest BCUT2D eigenvalue weighted by Gasteiger charge is 2.38. The normalized spacial score (nSPS) is 41.8. The van der Waals surface area contributed by atoms with Crippen LogP contribution in [0.5, 0.6) is 0 Å². The van der Waals surface area contributed by atoms with Gasteiger partial charge in [0, 0.05) is 24.7 Å². The number of likely N-dealkylation sites (tertiary alicyclic amines) is 1. The minimum absolute atomic E-state index is 0.561. The lowest BCUT2D eigenvalue weighted by Gasteiger charge is -2.49. The Hall–Kier alpha value is -0.0800. The van der Waals surface area contributed by atoms with Gasteiger partial charge >= 0.3 is 0 Å². The molecule has 0 radical (unpaired) electrons. The quantitative estimate of drug-likeness (QED) is 0.811. The van der Waals surface area contributed by atoms with E-state index in [4.69, 9.17) is 0 Å². The highest BCUT2D eigenvalue weighted by molar-refractivity contribution is 4.94. The van der Waals surface area contributed by atoms with Crippen molar-refractivity contribution < 1.29 is 0 Å². The Morgan fingerprint density at radius 2 is 1.89 bits per heavy atom. The van der Waals surface area contributed by atoms with Gasteiger partial charge in [-0.1, -0.05) is 27.2 Å². The molecule has 0 spiro atoms. The van der Waals surface area contributed by atoms with E-state index in [9.17, 15) is 0 Å². The van der Waals surface area contributed by atoms with E-state index < -0.39 is 0 Å². The van der Waals surface area contributed by atoms with Crippen molar-refractivity contribution in [1.82, 2.24) is 10.2 Å². The van der Waals surface area contributed by atoms with Gasteiger partial charge in [-0.3, -0.25) is 4.90 Å². The van der Waals surface area contributed by atoms with Crippen LogP contribution in [-0.4, -0.2) is 36.6 Å². The number of nitrogens with zero attached hydrogens (tertiary/aromatic N) is 1. The molecule has 0 amide bonds. The van der Waals surface area contributed by atoms with Crippen molar-refractivity contribution >= 4 is 0 Å². The second-order valence-corrected chi connectivity index (χ2v) is 7.44. The first-order valence-electron chi connectivity index (χ1n) is 7.87. The molecular formula is C16H32N2. The first-order chi connectivity index (χ1) is 8.44. The number of hydrogen-bond donors (Lipinski definition) is 1. The van der Waals surface area contributed by atoms with Gasteiger partial charge in [-0.25, -0.2) is 0 Å². The van der Waals surface area contributed by atoms with Crippen LogP contribution in [0.15, 0.2) is 0 Å². The molecule has 1 N–H and O–H groups in total. The predicted molar refractivity (Wildman–Crippen MR) is 78.8 cm³/mol. The van der Waals surface area contributed by atoms with Crippen molar-refractivity contribution in [3.63, 3.8) is 0 Å². The molecule has 1 aliphatic carbocycles. The van der Waals surface area contributed by atoms with Gasteiger partial charge in [0.1, 0.15) is 0 Å². The molecule has 2 aliphatic rings. The number of nitrogens with one attached hydrogen (secondary N) is 1. The maximum Gasteiger partial charge on any atom is 0.0117 e. The topological polar surface area (TPSA) is 15.3 Å². The summed E-state index contributed by atoms with van der Waals surface area (Å²) >= 11 is 0. The van der Waals surface area contributed by atoms with E-state index in [0.717, 1.165) is 18.0 Å². The van der Waals surface area contributed by atoms with Crippen LogP contribution < -0.4 is 5.32 Å². The van der Waals surface area contributed by atoms with Crippen LogP contribution in [-0.2, 0) is 0 Å². The van der Waals surface area contributed by atoms with Gasteiger partial charge in [0.15, 0.2) is 0 Å². The summed E-state index contributed by atoms with van der Waals surface area (Å²) in [6, 6.07) is 2.28. The highest BCUT2D eigenvalue weighted by atomic mass is 15.2. The van der Waals surface area contributed by atoms with Crippen LogP contribution in [0, 0.1) is 11.3 Å². The zero-order chi connectivity index (χ0) is 13.3. The molecule has 2 rings (SSSR count). The maximum absolute atomic E-state index is 3.50. The molecule has 0 aromatic rings. The Morgan fingerprint density at radius 3 is 2.50 bits per heavy atom. The standard InChI is InChI=1S/C16H32N2/c1-12-13(2)18(10-8-15(12)17-5)14-7-6-9-16(3,4)11-14/h12-15,17H,6-11H2,1-5H3. The third kappa shape index (κ3) is 2.91. The first-order valence-corrected chi connectivity index (χ1v) is 7.87. The summed E-state index contributed by atoms with van der Waals surface area (Å²) in [5.74, 6) is 0.772. The molecular weight excluding hydrogens is 220 g/mol. The second-order valence-electron chi connectivity index (χ2n) is 7.44. The lowest BCUT2D eigenvalue weighted by Crippen LogP contribution is -2.56. The molecule has 2 fully saturated rings. The first kappa shape index (κ1) is 14.3. The molecule has 0 bridgehead atoms. The lowest BCUT2D eigenvalue weighted by atomic mass is 9.73. The fraction of sp³-hybridized carbons (Fsp3) is 1.00. The van der Waals surface area contributed by atoms with Crippen molar-refractivity contribution in [3.8, 4) is 0 Å². The Morgan fingerprint density at radius 1 is 1.17 bits per heavy atom. The largest absolute Gasteiger partial charge is 0.317 e. The third-order valence-corrected chi connectivity index (χ3v) is 5.64. The monoisotopic (exact) mass is 252 g/mol. The minimum Gasteiger partial charge on any atom is -0.317 e. The number of hydrogen-bond acceptors (Lipinski definition) is 2. The van der Waals surface area contributed by atoms with Crippen molar-refractivity contribution in [2.24, 2.45) is 11.3 Å². The van der Waals surface area contributed by atoms with Gasteiger partial charge in [0.25, 0.3) is 0 Å². The summed E-state index contributed by atoms with van der Waals surface area (Å²) in [5, 5.41) is 3.50. The van der Waals surface area contributed by atoms with E-state index in [1.54, 1.807) is 0 Å². The van der Waals surface area contributed by atoms with Gasteiger partial charge in [-0.05, 0) is 51.0 Å². The Balaban J connectivity index is 2.01. The van der Waals surface area contributed by atoms with Gasteiger partial charge in [-0.2, -0.15) is 0 Å². The summed E-state index contributed by atoms with van der Waals surface area (Å²) < 4.78 is 0. The van der Waals surface area contributed by atoms with Crippen LogP contribution in [0.2, 0.25) is 0 Å². The molecule has 0 aromatic carbocycles. The minimum atomic E-state index is 0.561. The number of piperidine rings is 1. The molecule has 18 heavy (non-hydrogen) atoms. The molecule has 106 valence electrons. The molecule has 1 heterocycles. The average Bonchev–Trinajstić information content (AvgIpc) is 2.31. The van der Waals surface area contributed by atoms with Crippen LogP contribution in [0.25, 0.3) is 0 Å². The van der Waals surface area contributed by atoms with Crippen molar-refractivity contribution in [2.75, 3.05) is 13.6 Å². The van der Waals surface area contributed by atoms with Crippen molar-refractivity contribution in [2.45, 2.75) is 77.9 Å². The van der Waals surface area contributed by atoms with Gasteiger partial charge in [0.2, 0.25) is 0 Å². The second kappa shape index (κ2) is 5.50. The van der Waals surface area contributed by atoms with E-state index >= 15 is 0 Å². The highest BCUT2D eigenvalue weighted by Crippen LogP contribution is 2.39. The molecule has 1 saturated carbocycles. The van der Waals surface area contributed by atoms with Crippen LogP contribution in [0.1, 0.15) is 59.8 Å². The third-order valence-electron chi connectivity index (χ3n) is 5.64. The molecule has 0 aromatic heterocycles. The maximum atomic E-state index is 3.50. The summed E-state index contributed by atoms with van der Waals surface area (Å²) in [7, 11) is 2.12. The van der Waals surface area contributed by atoms with Gasteiger partial charge < -0.3 is 5.32 Å². The van der Waals surface area contributed by atoms with Gasteiger partial charge in [-0.15, -0.1) is 0 Å². The van der Waals surface area contributed by atoms with Crippen LogP contribution >= 0.6 is 0 Å². The molecule has 4 unspecified atom stereocenters. The molecule has 1 aliphatic heterocycles. The fourth-order valence-electron chi connectivity index (χ4n) is 4.26. The van der Waals surface area contributed by atoms with Crippen molar-refractivity contribution in [1.29, 1.82) is 0 Å². The van der Waals surface area contributed by atoms with E-state index in [-0.39, 0.29) is 0 Å². The van der Waals surface area contributed by atoms with E-state index in [1.165, 1.54) is 38.6 Å². The molecule has 2 nitrogen and oxygen atoms in total. The molecule has 2 heteroatoms. The van der Waals surface area contributed by atoms with Crippen LogP contribution in [0.3, 0.4) is 0 Å². The summed E-state index contributed by atoms with van der Waals surface area (Å²) in [4.78, 5) is 2.82. The SMILES string of the molecule is CNC1CCN(C2CCCC(C)(C)C2)C(C)C1C. The Bertz CT molecular complexity index is 274. The average molecular weight is 252 g/mol. The lowest BCUT2D eigenvalue weighted by molar-refractivity contribution is 0.0105.